The van der Waals surface area contributed by atoms with Crippen molar-refractivity contribution in [2.24, 2.45) is 5.73 Å². The topological polar surface area (TPSA) is 79.1 Å². The minimum absolute atomic E-state index is 0.0276. The zero-order chi connectivity index (χ0) is 28.6. The predicted molar refractivity (Wildman–Crippen MR) is 161 cm³/mol. The molecule has 0 fully saturated rings. The van der Waals surface area contributed by atoms with Crippen molar-refractivity contribution < 1.29 is 14.3 Å². The fourth-order valence-corrected chi connectivity index (χ4v) is 5.40. The molecule has 0 radical (unpaired) electrons. The SMILES string of the molecule is COc1cccc(CN2CCCN(C(C)=O)c3ccccc3CN(C(=O)[C@H](N)Cc3ccc(Cl)c(Cl)c3)CC2)c1. The Labute approximate surface area is 246 Å². The van der Waals surface area contributed by atoms with E-state index < -0.39 is 6.04 Å². The molecule has 0 saturated carbocycles. The average Bonchev–Trinajstić information content (AvgIpc) is 2.98. The monoisotopic (exact) mass is 582 g/mol. The lowest BCUT2D eigenvalue weighted by Crippen LogP contribution is -2.47. The van der Waals surface area contributed by atoms with Crippen LogP contribution in [0.5, 0.6) is 5.75 Å². The molecule has 0 unspecified atom stereocenters. The maximum Gasteiger partial charge on any atom is 0.240 e. The summed E-state index contributed by atoms with van der Waals surface area (Å²) in [6, 6.07) is 20.3. The van der Waals surface area contributed by atoms with Crippen molar-refractivity contribution in [2.45, 2.75) is 38.9 Å². The summed E-state index contributed by atoms with van der Waals surface area (Å²) in [6.45, 7) is 5.13. The van der Waals surface area contributed by atoms with Gasteiger partial charge in [0.25, 0.3) is 0 Å². The van der Waals surface area contributed by atoms with Gasteiger partial charge < -0.3 is 20.3 Å². The van der Waals surface area contributed by atoms with Crippen LogP contribution in [0.2, 0.25) is 10.0 Å². The number of ether oxygens (including phenoxy) is 1. The number of methoxy groups -OCH3 is 1. The number of fused-ring (bicyclic) bond motifs is 1. The number of anilines is 1. The van der Waals surface area contributed by atoms with Gasteiger partial charge in [0.2, 0.25) is 11.8 Å². The zero-order valence-electron chi connectivity index (χ0n) is 23.0. The summed E-state index contributed by atoms with van der Waals surface area (Å²) >= 11 is 12.3. The Balaban J connectivity index is 1.61. The van der Waals surface area contributed by atoms with E-state index in [0.717, 1.165) is 41.1 Å². The number of nitrogens with two attached hydrogens (primary N) is 1. The number of amides is 2. The molecule has 1 heterocycles. The van der Waals surface area contributed by atoms with Gasteiger partial charge in [-0.25, -0.2) is 0 Å². The highest BCUT2D eigenvalue weighted by molar-refractivity contribution is 6.42. The van der Waals surface area contributed by atoms with Gasteiger partial charge >= 0.3 is 0 Å². The maximum atomic E-state index is 13.8. The molecule has 212 valence electrons. The Hall–Kier alpha value is -3.10. The highest BCUT2D eigenvalue weighted by Gasteiger charge is 2.26. The van der Waals surface area contributed by atoms with E-state index in [1.807, 2.05) is 58.3 Å². The second-order valence-electron chi connectivity index (χ2n) is 10.1. The van der Waals surface area contributed by atoms with Gasteiger partial charge in [-0.2, -0.15) is 0 Å². The highest BCUT2D eigenvalue weighted by atomic mass is 35.5. The quantitative estimate of drug-likeness (QED) is 0.434. The lowest BCUT2D eigenvalue weighted by atomic mass is 10.0. The summed E-state index contributed by atoms with van der Waals surface area (Å²) in [5, 5.41) is 0.890. The van der Waals surface area contributed by atoms with Crippen LogP contribution in [0.15, 0.2) is 66.7 Å². The van der Waals surface area contributed by atoms with Gasteiger partial charge in [0.1, 0.15) is 5.75 Å². The minimum Gasteiger partial charge on any atom is -0.497 e. The molecule has 4 rings (SSSR count). The number of hydrogen-bond acceptors (Lipinski definition) is 5. The van der Waals surface area contributed by atoms with Gasteiger partial charge in [0.05, 0.1) is 23.2 Å². The first-order chi connectivity index (χ1) is 19.2. The number of hydrogen-bond donors (Lipinski definition) is 1. The molecule has 0 saturated heterocycles. The third kappa shape index (κ3) is 7.76. The molecule has 3 aromatic carbocycles. The van der Waals surface area contributed by atoms with Crippen LogP contribution in [0.3, 0.4) is 0 Å². The van der Waals surface area contributed by atoms with Crippen LogP contribution in [-0.2, 0) is 29.1 Å². The summed E-state index contributed by atoms with van der Waals surface area (Å²) < 4.78 is 5.41. The predicted octanol–water partition coefficient (Wildman–Crippen LogP) is 5.16. The van der Waals surface area contributed by atoms with Crippen LogP contribution >= 0.6 is 23.2 Å². The van der Waals surface area contributed by atoms with Crippen molar-refractivity contribution in [2.75, 3.05) is 38.2 Å². The highest BCUT2D eigenvalue weighted by Crippen LogP contribution is 2.26. The minimum atomic E-state index is -0.759. The number of rotatable bonds is 6. The summed E-state index contributed by atoms with van der Waals surface area (Å²) in [6.07, 6.45) is 1.13. The molecule has 1 aliphatic rings. The van der Waals surface area contributed by atoms with Crippen LogP contribution in [0.25, 0.3) is 0 Å². The van der Waals surface area contributed by atoms with Gasteiger partial charge in [0, 0.05) is 51.9 Å². The first kappa shape index (κ1) is 29.9. The molecule has 0 aromatic heterocycles. The first-order valence-electron chi connectivity index (χ1n) is 13.4. The second-order valence-corrected chi connectivity index (χ2v) is 10.9. The molecule has 2 amide bonds. The number of carbonyl (C=O) groups is 2. The first-order valence-corrected chi connectivity index (χ1v) is 14.2. The maximum absolute atomic E-state index is 13.8. The van der Waals surface area contributed by atoms with Gasteiger partial charge in [0.15, 0.2) is 0 Å². The lowest BCUT2D eigenvalue weighted by Gasteiger charge is -2.30. The van der Waals surface area contributed by atoms with Crippen molar-refractivity contribution in [3.05, 3.63) is 93.5 Å². The van der Waals surface area contributed by atoms with E-state index in [4.69, 9.17) is 33.7 Å². The molecule has 0 aliphatic carbocycles. The standard InChI is InChI=1S/C31H36Cl2N4O3/c1-22(38)37-14-6-13-35(20-24-7-5-9-26(17-24)40-2)15-16-36(21-25-8-3-4-10-30(25)37)31(39)29(34)19-23-11-12-27(32)28(33)18-23/h3-5,7-12,17-18,29H,6,13-16,19-21,34H2,1-2H3/t29-/m1/s1. The van der Waals surface area contributed by atoms with Crippen molar-refractivity contribution in [1.82, 2.24) is 9.80 Å². The fourth-order valence-electron chi connectivity index (χ4n) is 5.08. The van der Waals surface area contributed by atoms with Crippen LogP contribution in [-0.4, -0.2) is 60.9 Å². The van der Waals surface area contributed by atoms with E-state index >= 15 is 0 Å². The zero-order valence-corrected chi connectivity index (χ0v) is 24.5. The van der Waals surface area contributed by atoms with Gasteiger partial charge in [-0.15, -0.1) is 0 Å². The Morgan fingerprint density at radius 1 is 0.925 bits per heavy atom. The summed E-state index contributed by atoms with van der Waals surface area (Å²) in [5.41, 5.74) is 10.2. The molecule has 0 bridgehead atoms. The summed E-state index contributed by atoms with van der Waals surface area (Å²) in [5.74, 6) is 0.620. The van der Waals surface area contributed by atoms with Crippen LogP contribution in [0.1, 0.15) is 30.0 Å². The number of nitrogens with zero attached hydrogens (tertiary/aromatic N) is 3. The third-order valence-corrected chi connectivity index (χ3v) is 7.91. The molecule has 1 atom stereocenters. The molecule has 40 heavy (non-hydrogen) atoms. The molecule has 0 spiro atoms. The average molecular weight is 584 g/mol. The number of benzene rings is 3. The van der Waals surface area contributed by atoms with E-state index in [1.165, 1.54) is 0 Å². The van der Waals surface area contributed by atoms with Gasteiger partial charge in [-0.3, -0.25) is 14.5 Å². The fraction of sp³-hybridized carbons (Fsp3) is 0.355. The molecule has 7 nitrogen and oxygen atoms in total. The molecular formula is C31H36Cl2N4O3. The lowest BCUT2D eigenvalue weighted by molar-refractivity contribution is -0.133. The van der Waals surface area contributed by atoms with E-state index in [1.54, 1.807) is 26.2 Å². The van der Waals surface area contributed by atoms with E-state index in [2.05, 4.69) is 11.0 Å². The second kappa shape index (κ2) is 14.0. The molecule has 2 N–H and O–H groups in total. The van der Waals surface area contributed by atoms with Crippen molar-refractivity contribution in [3.8, 4) is 5.75 Å². The van der Waals surface area contributed by atoms with Crippen molar-refractivity contribution in [3.63, 3.8) is 0 Å². The number of carbonyl (C=O) groups excluding carboxylic acids is 2. The van der Waals surface area contributed by atoms with Crippen LogP contribution < -0.4 is 15.4 Å². The van der Waals surface area contributed by atoms with Gasteiger partial charge in [-0.1, -0.05) is 59.6 Å². The van der Waals surface area contributed by atoms with E-state index in [0.29, 0.717) is 49.2 Å². The molecule has 1 aliphatic heterocycles. The van der Waals surface area contributed by atoms with E-state index in [9.17, 15) is 9.59 Å². The van der Waals surface area contributed by atoms with E-state index in [-0.39, 0.29) is 11.8 Å². The Bertz CT molecular complexity index is 1340. The molecule has 9 heteroatoms. The van der Waals surface area contributed by atoms with Crippen LogP contribution in [0.4, 0.5) is 5.69 Å². The largest absolute Gasteiger partial charge is 0.497 e. The molecular weight excluding hydrogens is 547 g/mol. The number of halogens is 2. The van der Waals surface area contributed by atoms with Crippen molar-refractivity contribution in [1.29, 1.82) is 0 Å². The Morgan fingerprint density at radius 2 is 1.73 bits per heavy atom. The normalized spacial score (nSPS) is 15.6. The summed E-state index contributed by atoms with van der Waals surface area (Å²) in [4.78, 5) is 32.4. The summed E-state index contributed by atoms with van der Waals surface area (Å²) in [7, 11) is 1.66. The Kier molecular flexibility index (Phi) is 10.5. The Morgan fingerprint density at radius 3 is 2.48 bits per heavy atom. The number of para-hydroxylation sites is 1. The van der Waals surface area contributed by atoms with Crippen LogP contribution in [0, 0.1) is 0 Å². The third-order valence-electron chi connectivity index (χ3n) is 7.17. The smallest absolute Gasteiger partial charge is 0.240 e. The van der Waals surface area contributed by atoms with Crippen molar-refractivity contribution >= 4 is 40.7 Å². The van der Waals surface area contributed by atoms with Gasteiger partial charge in [-0.05, 0) is 59.9 Å². The molecule has 3 aromatic rings.